The van der Waals surface area contributed by atoms with Crippen LogP contribution in [0.1, 0.15) is 18.1 Å². The minimum Gasteiger partial charge on any atom is -0.344 e. The fourth-order valence-electron chi connectivity index (χ4n) is 1.23. The third kappa shape index (κ3) is 1.40. The van der Waals surface area contributed by atoms with E-state index < -0.39 is 0 Å². The van der Waals surface area contributed by atoms with Gasteiger partial charge in [0.05, 0.1) is 5.70 Å². The van der Waals surface area contributed by atoms with Crippen molar-refractivity contribution in [1.29, 1.82) is 0 Å². The van der Waals surface area contributed by atoms with Crippen molar-refractivity contribution >= 4 is 17.7 Å². The minimum absolute atomic E-state index is 0.342. The highest BCUT2D eigenvalue weighted by Gasteiger charge is 2.15. The molecule has 0 atom stereocenters. The summed E-state index contributed by atoms with van der Waals surface area (Å²) >= 11 is 0. The van der Waals surface area contributed by atoms with Crippen LogP contribution in [-0.4, -0.2) is 5.97 Å². The maximum atomic E-state index is 10.5. The average Bonchev–Trinajstić information content (AvgIpc) is 2.06. The zero-order chi connectivity index (χ0) is 9.26. The van der Waals surface area contributed by atoms with Gasteiger partial charge in [-0.1, -0.05) is 24.3 Å². The minimum atomic E-state index is -0.342. The second kappa shape index (κ2) is 2.94. The largest absolute Gasteiger partial charge is 0.344 e. The number of carbonyl (C=O) groups is 1. The molecule has 0 fully saturated rings. The van der Waals surface area contributed by atoms with Crippen molar-refractivity contribution in [1.82, 2.24) is 5.48 Å². The van der Waals surface area contributed by atoms with Crippen molar-refractivity contribution in [2.75, 3.05) is 0 Å². The smallest absolute Gasteiger partial charge is 0.329 e. The quantitative estimate of drug-likeness (QED) is 0.693. The Bertz CT molecular complexity index is 382. The summed E-state index contributed by atoms with van der Waals surface area (Å²) in [7, 11) is 0. The highest BCUT2D eigenvalue weighted by atomic mass is 16.7. The maximum absolute atomic E-state index is 10.5. The first-order valence-electron chi connectivity index (χ1n) is 4.02. The molecule has 1 aromatic rings. The van der Waals surface area contributed by atoms with E-state index in [-0.39, 0.29) is 5.97 Å². The van der Waals surface area contributed by atoms with Gasteiger partial charge in [0.2, 0.25) is 0 Å². The molecular weight excluding hydrogens is 166 g/mol. The molecule has 66 valence electrons. The third-order valence-corrected chi connectivity index (χ3v) is 1.86. The van der Waals surface area contributed by atoms with Gasteiger partial charge in [-0.05, 0) is 11.6 Å². The monoisotopic (exact) mass is 175 g/mol. The third-order valence-electron chi connectivity index (χ3n) is 1.86. The molecule has 1 aliphatic rings. The lowest BCUT2D eigenvalue weighted by Gasteiger charge is -2.19. The molecule has 0 unspecified atom stereocenters. The summed E-state index contributed by atoms with van der Waals surface area (Å²) in [6.07, 6.45) is 1.93. The molecule has 1 N–H and O–H groups in total. The van der Waals surface area contributed by atoms with Gasteiger partial charge in [-0.15, -0.1) is 0 Å². The topological polar surface area (TPSA) is 38.3 Å². The zero-order valence-electron chi connectivity index (χ0n) is 7.20. The van der Waals surface area contributed by atoms with Crippen molar-refractivity contribution in [2.24, 2.45) is 0 Å². The molecule has 3 nitrogen and oxygen atoms in total. The molecule has 3 heteroatoms. The van der Waals surface area contributed by atoms with E-state index in [4.69, 9.17) is 0 Å². The van der Waals surface area contributed by atoms with E-state index in [2.05, 4.69) is 10.3 Å². The summed E-state index contributed by atoms with van der Waals surface area (Å²) < 4.78 is 0. The molecule has 0 saturated heterocycles. The van der Waals surface area contributed by atoms with Gasteiger partial charge in [-0.2, -0.15) is 0 Å². The van der Waals surface area contributed by atoms with E-state index in [0.29, 0.717) is 0 Å². The predicted molar refractivity (Wildman–Crippen MR) is 49.2 cm³/mol. The molecule has 1 aliphatic carbocycles. The summed E-state index contributed by atoms with van der Waals surface area (Å²) in [4.78, 5) is 15.1. The fourth-order valence-corrected chi connectivity index (χ4v) is 1.23. The molecule has 0 aliphatic heterocycles. The number of hydroxylamine groups is 1. The van der Waals surface area contributed by atoms with Crippen LogP contribution >= 0.6 is 0 Å². The van der Waals surface area contributed by atoms with Crippen LogP contribution in [0.5, 0.6) is 0 Å². The highest BCUT2D eigenvalue weighted by molar-refractivity contribution is 5.94. The molecule has 2 rings (SSSR count). The molecule has 0 amide bonds. The molecule has 13 heavy (non-hydrogen) atoms. The SMILES string of the molecule is CC(=O)ONC1=Cc2ccccc21. The molecule has 0 aromatic heterocycles. The Balaban J connectivity index is 2.04. The summed E-state index contributed by atoms with van der Waals surface area (Å²) in [5, 5.41) is 0. The lowest BCUT2D eigenvalue weighted by molar-refractivity contribution is -0.145. The van der Waals surface area contributed by atoms with Gasteiger partial charge < -0.3 is 4.84 Å². The Morgan fingerprint density at radius 1 is 1.38 bits per heavy atom. The van der Waals surface area contributed by atoms with Gasteiger partial charge >= 0.3 is 5.97 Å². The van der Waals surface area contributed by atoms with Crippen molar-refractivity contribution < 1.29 is 9.63 Å². The van der Waals surface area contributed by atoms with Gasteiger partial charge in [-0.25, -0.2) is 5.48 Å². The highest BCUT2D eigenvalue weighted by Crippen LogP contribution is 2.29. The number of hydrogen-bond donors (Lipinski definition) is 1. The van der Waals surface area contributed by atoms with Crippen LogP contribution in [-0.2, 0) is 9.63 Å². The molecule has 0 spiro atoms. The van der Waals surface area contributed by atoms with E-state index in [0.717, 1.165) is 16.8 Å². The molecule has 0 bridgehead atoms. The van der Waals surface area contributed by atoms with E-state index in [1.165, 1.54) is 6.92 Å². The van der Waals surface area contributed by atoms with Crippen LogP contribution in [0.25, 0.3) is 11.8 Å². The van der Waals surface area contributed by atoms with Crippen LogP contribution < -0.4 is 5.48 Å². The lowest BCUT2D eigenvalue weighted by Crippen LogP contribution is -2.20. The predicted octanol–water partition coefficient (Wildman–Crippen LogP) is 1.57. The second-order valence-electron chi connectivity index (χ2n) is 2.84. The van der Waals surface area contributed by atoms with Gasteiger partial charge in [0.15, 0.2) is 0 Å². The summed E-state index contributed by atoms with van der Waals surface area (Å²) in [5.74, 6) is -0.342. The van der Waals surface area contributed by atoms with E-state index in [1.54, 1.807) is 0 Å². The molecule has 1 aromatic carbocycles. The number of fused-ring (bicyclic) bond motifs is 1. The van der Waals surface area contributed by atoms with E-state index in [1.807, 2.05) is 30.3 Å². The Kier molecular flexibility index (Phi) is 1.77. The van der Waals surface area contributed by atoms with Gasteiger partial charge in [0.1, 0.15) is 0 Å². The first-order valence-corrected chi connectivity index (χ1v) is 4.02. The fraction of sp³-hybridized carbons (Fsp3) is 0.100. The van der Waals surface area contributed by atoms with Crippen LogP contribution in [0.15, 0.2) is 24.3 Å². The van der Waals surface area contributed by atoms with Crippen LogP contribution in [0, 0.1) is 0 Å². The molecule has 0 saturated carbocycles. The maximum Gasteiger partial charge on any atom is 0.329 e. The lowest BCUT2D eigenvalue weighted by atomic mass is 9.94. The summed E-state index contributed by atoms with van der Waals surface area (Å²) in [5.41, 5.74) is 5.69. The Labute approximate surface area is 76.0 Å². The summed E-state index contributed by atoms with van der Waals surface area (Å²) in [6, 6.07) is 7.90. The van der Waals surface area contributed by atoms with Crippen LogP contribution in [0.2, 0.25) is 0 Å². The summed E-state index contributed by atoms with van der Waals surface area (Å²) in [6.45, 7) is 1.36. The van der Waals surface area contributed by atoms with Crippen molar-refractivity contribution in [3.05, 3.63) is 35.4 Å². The standard InChI is InChI=1S/C10H9NO2/c1-7(12)13-11-10-6-8-4-2-3-5-9(8)10/h2-6,11H,1H3. The molecule has 0 radical (unpaired) electrons. The van der Waals surface area contributed by atoms with Crippen LogP contribution in [0.3, 0.4) is 0 Å². The van der Waals surface area contributed by atoms with Crippen molar-refractivity contribution in [3.63, 3.8) is 0 Å². The Morgan fingerprint density at radius 2 is 2.15 bits per heavy atom. The van der Waals surface area contributed by atoms with Gasteiger partial charge in [0.25, 0.3) is 0 Å². The normalized spacial score (nSPS) is 12.2. The molecule has 0 heterocycles. The zero-order valence-corrected chi connectivity index (χ0v) is 7.20. The van der Waals surface area contributed by atoms with E-state index in [9.17, 15) is 4.79 Å². The number of rotatable bonds is 2. The Morgan fingerprint density at radius 3 is 2.85 bits per heavy atom. The first-order chi connectivity index (χ1) is 6.27. The number of carbonyl (C=O) groups excluding carboxylic acids is 1. The van der Waals surface area contributed by atoms with E-state index >= 15 is 0 Å². The molecular formula is C10H9NO2. The Hall–Kier alpha value is -1.77. The number of hydrogen-bond acceptors (Lipinski definition) is 3. The van der Waals surface area contributed by atoms with Crippen molar-refractivity contribution in [2.45, 2.75) is 6.92 Å². The number of benzene rings is 1. The first kappa shape index (κ1) is 7.86. The second-order valence-corrected chi connectivity index (χ2v) is 2.84. The number of nitrogens with one attached hydrogen (secondary N) is 1. The van der Waals surface area contributed by atoms with Gasteiger partial charge in [0, 0.05) is 12.5 Å². The van der Waals surface area contributed by atoms with Gasteiger partial charge in [-0.3, -0.25) is 4.79 Å². The van der Waals surface area contributed by atoms with Crippen molar-refractivity contribution in [3.8, 4) is 0 Å². The van der Waals surface area contributed by atoms with Crippen LogP contribution in [0.4, 0.5) is 0 Å². The average molecular weight is 175 g/mol.